The van der Waals surface area contributed by atoms with Crippen molar-refractivity contribution in [2.75, 3.05) is 6.61 Å². The molecule has 0 amide bonds. The van der Waals surface area contributed by atoms with Crippen molar-refractivity contribution in [2.24, 2.45) is 0 Å². The third-order valence-electron chi connectivity index (χ3n) is 5.40. The molecule has 148 valence electrons. The molecule has 1 saturated carbocycles. The van der Waals surface area contributed by atoms with Crippen LogP contribution in [-0.4, -0.2) is 37.4 Å². The predicted molar refractivity (Wildman–Crippen MR) is 101 cm³/mol. The minimum absolute atomic E-state index is 0.0408. The number of nitrogens with one attached hydrogen (secondary N) is 1. The highest BCUT2D eigenvalue weighted by molar-refractivity contribution is 5.73. The molecule has 1 aliphatic carbocycles. The highest BCUT2D eigenvalue weighted by atomic mass is 19.3. The first-order valence-corrected chi connectivity index (χ1v) is 9.49. The second-order valence-corrected chi connectivity index (χ2v) is 7.35. The lowest BCUT2D eigenvalue weighted by Crippen LogP contribution is -2.27. The van der Waals surface area contributed by atoms with Crippen LogP contribution in [0.5, 0.6) is 0 Å². The average Bonchev–Trinajstić information content (AvgIpc) is 3.08. The lowest BCUT2D eigenvalue weighted by molar-refractivity contribution is -0.0446. The van der Waals surface area contributed by atoms with E-state index in [4.69, 9.17) is 0 Å². The molecule has 0 aliphatic heterocycles. The van der Waals surface area contributed by atoms with Crippen molar-refractivity contribution >= 4 is 11.0 Å². The molecule has 0 atom stereocenters. The maximum Gasteiger partial charge on any atom is 0.262 e. The molecule has 0 spiro atoms. The van der Waals surface area contributed by atoms with Crippen LogP contribution in [0.15, 0.2) is 35.3 Å². The number of hydrogen-bond acceptors (Lipinski definition) is 4. The number of alkyl halides is 2. The van der Waals surface area contributed by atoms with Crippen molar-refractivity contribution in [3.63, 3.8) is 0 Å². The molecule has 0 bridgehead atoms. The zero-order valence-electron chi connectivity index (χ0n) is 15.4. The van der Waals surface area contributed by atoms with Gasteiger partial charge in [0, 0.05) is 25.9 Å². The van der Waals surface area contributed by atoms with E-state index in [1.54, 1.807) is 4.68 Å². The van der Waals surface area contributed by atoms with Crippen LogP contribution in [0.3, 0.4) is 0 Å². The van der Waals surface area contributed by atoms with Crippen molar-refractivity contribution in [3.05, 3.63) is 57.8 Å². The van der Waals surface area contributed by atoms with Gasteiger partial charge in [-0.15, -0.1) is 0 Å². The first kappa shape index (κ1) is 18.7. The number of fused-ring (bicyclic) bond motifs is 1. The summed E-state index contributed by atoms with van der Waals surface area (Å²) in [5.41, 5.74) is 2.12. The number of aromatic amines is 1. The van der Waals surface area contributed by atoms with Crippen LogP contribution in [-0.2, 0) is 12.8 Å². The minimum Gasteiger partial charge on any atom is -0.396 e. The fourth-order valence-electron chi connectivity index (χ4n) is 3.88. The number of nitrogens with zero attached hydrogens (tertiary/aromatic N) is 3. The quantitative estimate of drug-likeness (QED) is 0.704. The van der Waals surface area contributed by atoms with Gasteiger partial charge in [0.2, 0.25) is 5.92 Å². The van der Waals surface area contributed by atoms with Crippen molar-refractivity contribution in [1.29, 1.82) is 0 Å². The third-order valence-corrected chi connectivity index (χ3v) is 5.40. The van der Waals surface area contributed by atoms with Gasteiger partial charge in [-0.3, -0.25) is 4.79 Å². The molecule has 1 fully saturated rings. The predicted octanol–water partition coefficient (Wildman–Crippen LogP) is 3.00. The number of hydrogen-bond donors (Lipinski definition) is 2. The van der Waals surface area contributed by atoms with Gasteiger partial charge in [-0.1, -0.05) is 24.3 Å². The molecule has 0 radical (unpaired) electrons. The minimum atomic E-state index is -2.62. The van der Waals surface area contributed by atoms with Crippen LogP contribution in [0.4, 0.5) is 8.78 Å². The van der Waals surface area contributed by atoms with Gasteiger partial charge in [-0.25, -0.2) is 18.4 Å². The number of aliphatic hydroxyl groups is 1. The largest absolute Gasteiger partial charge is 0.396 e. The smallest absolute Gasteiger partial charge is 0.262 e. The van der Waals surface area contributed by atoms with Gasteiger partial charge in [-0.2, -0.15) is 5.10 Å². The standard InChI is InChI=1S/C20H22F2N4O2/c21-20(22)8-5-15(6-9-20)26-18-16(12-23-26)19(28)25-17(24-18)11-14-4-2-1-3-13(14)7-10-27/h1-4,12,15,27H,5-11H2,(H,24,25,28). The monoisotopic (exact) mass is 388 g/mol. The van der Waals surface area contributed by atoms with E-state index >= 15 is 0 Å². The molecule has 2 N–H and O–H groups in total. The van der Waals surface area contributed by atoms with Crippen LogP contribution in [0.2, 0.25) is 0 Å². The van der Waals surface area contributed by atoms with Gasteiger partial charge >= 0.3 is 0 Å². The summed E-state index contributed by atoms with van der Waals surface area (Å²) < 4.78 is 28.6. The Morgan fingerprint density at radius 1 is 1.21 bits per heavy atom. The van der Waals surface area contributed by atoms with Crippen molar-refractivity contribution < 1.29 is 13.9 Å². The molecule has 6 nitrogen and oxygen atoms in total. The van der Waals surface area contributed by atoms with E-state index < -0.39 is 5.92 Å². The highest BCUT2D eigenvalue weighted by Gasteiger charge is 2.36. The summed E-state index contributed by atoms with van der Waals surface area (Å²) in [6.07, 6.45) is 2.66. The Balaban J connectivity index is 1.67. The zero-order valence-corrected chi connectivity index (χ0v) is 15.4. The van der Waals surface area contributed by atoms with E-state index in [0.717, 1.165) is 11.1 Å². The molecule has 8 heteroatoms. The number of rotatable bonds is 5. The van der Waals surface area contributed by atoms with Crippen LogP contribution >= 0.6 is 0 Å². The molecule has 2 heterocycles. The number of H-pyrrole nitrogens is 1. The Hall–Kier alpha value is -2.61. The molecule has 0 unspecified atom stereocenters. The molecular formula is C20H22F2N4O2. The average molecular weight is 388 g/mol. The van der Waals surface area contributed by atoms with Gasteiger partial charge in [0.25, 0.3) is 5.56 Å². The summed E-state index contributed by atoms with van der Waals surface area (Å²) in [5, 5.41) is 13.9. The molecule has 4 rings (SSSR count). The highest BCUT2D eigenvalue weighted by Crippen LogP contribution is 2.38. The van der Waals surface area contributed by atoms with Crippen LogP contribution in [0.25, 0.3) is 11.0 Å². The summed E-state index contributed by atoms with van der Waals surface area (Å²) in [6.45, 7) is 0.0408. The van der Waals surface area contributed by atoms with E-state index in [2.05, 4.69) is 15.1 Å². The summed E-state index contributed by atoms with van der Waals surface area (Å²) in [7, 11) is 0. The maximum atomic E-state index is 13.5. The summed E-state index contributed by atoms with van der Waals surface area (Å²) >= 11 is 0. The number of benzene rings is 1. The molecule has 0 saturated heterocycles. The summed E-state index contributed by atoms with van der Waals surface area (Å²) in [5.74, 6) is -2.13. The fourth-order valence-corrected chi connectivity index (χ4v) is 3.88. The zero-order chi connectivity index (χ0) is 19.7. The Morgan fingerprint density at radius 2 is 1.93 bits per heavy atom. The first-order valence-electron chi connectivity index (χ1n) is 9.49. The SMILES string of the molecule is O=c1[nH]c(Cc2ccccc2CCO)nc2c1cnn2C1CCC(F)(F)CC1. The second kappa shape index (κ2) is 7.43. The molecule has 2 aromatic heterocycles. The summed E-state index contributed by atoms with van der Waals surface area (Å²) in [4.78, 5) is 19.9. The van der Waals surface area contributed by atoms with Crippen molar-refractivity contribution in [3.8, 4) is 0 Å². The third kappa shape index (κ3) is 3.69. The Kier molecular flexibility index (Phi) is 4.97. The Bertz CT molecular complexity index is 1030. The van der Waals surface area contributed by atoms with Crippen LogP contribution in [0, 0.1) is 0 Å². The van der Waals surface area contributed by atoms with Gasteiger partial charge in [-0.05, 0) is 30.4 Å². The van der Waals surface area contributed by atoms with Crippen molar-refractivity contribution in [2.45, 2.75) is 50.5 Å². The van der Waals surface area contributed by atoms with Gasteiger partial charge in [0.05, 0.1) is 12.2 Å². The van der Waals surface area contributed by atoms with E-state index in [9.17, 15) is 18.7 Å². The second-order valence-electron chi connectivity index (χ2n) is 7.35. The van der Waals surface area contributed by atoms with E-state index in [1.165, 1.54) is 6.20 Å². The van der Waals surface area contributed by atoms with Gasteiger partial charge < -0.3 is 10.1 Å². The number of halogens is 2. The maximum absolute atomic E-state index is 13.5. The van der Waals surface area contributed by atoms with E-state index in [1.807, 2.05) is 24.3 Å². The van der Waals surface area contributed by atoms with Crippen LogP contribution in [0.1, 0.15) is 48.7 Å². The number of aromatic nitrogens is 4. The van der Waals surface area contributed by atoms with E-state index in [-0.39, 0.29) is 31.0 Å². The molecule has 1 aromatic carbocycles. The Labute approximate surface area is 160 Å². The molecule has 28 heavy (non-hydrogen) atoms. The molecule has 3 aromatic rings. The first-order chi connectivity index (χ1) is 13.5. The normalized spacial score (nSPS) is 17.2. The molecule has 1 aliphatic rings. The number of aliphatic hydroxyl groups excluding tert-OH is 1. The van der Waals surface area contributed by atoms with Crippen LogP contribution < -0.4 is 5.56 Å². The van der Waals surface area contributed by atoms with Gasteiger partial charge in [0.1, 0.15) is 11.2 Å². The van der Waals surface area contributed by atoms with Crippen molar-refractivity contribution in [1.82, 2.24) is 19.7 Å². The Morgan fingerprint density at radius 3 is 2.64 bits per heavy atom. The van der Waals surface area contributed by atoms with E-state index in [0.29, 0.717) is 42.5 Å². The van der Waals surface area contributed by atoms with Gasteiger partial charge in [0.15, 0.2) is 5.65 Å². The topological polar surface area (TPSA) is 83.8 Å². The summed E-state index contributed by atoms with van der Waals surface area (Å²) in [6, 6.07) is 7.51. The fraction of sp³-hybridized carbons (Fsp3) is 0.450. The lowest BCUT2D eigenvalue weighted by atomic mass is 9.92. The lowest BCUT2D eigenvalue weighted by Gasteiger charge is -2.28. The molecular weight excluding hydrogens is 366 g/mol.